The Morgan fingerprint density at radius 3 is 3.12 bits per heavy atom. The van der Waals surface area contributed by atoms with Crippen LogP contribution in [0.3, 0.4) is 0 Å². The van der Waals surface area contributed by atoms with Crippen molar-refractivity contribution < 1.29 is 4.74 Å². The quantitative estimate of drug-likeness (QED) is 0.819. The van der Waals surface area contributed by atoms with E-state index < -0.39 is 0 Å². The van der Waals surface area contributed by atoms with Crippen LogP contribution in [0, 0.1) is 0 Å². The fourth-order valence-corrected chi connectivity index (χ4v) is 2.20. The molecule has 0 bridgehead atoms. The lowest BCUT2D eigenvalue weighted by molar-refractivity contribution is 0.223. The molecule has 1 aliphatic rings. The van der Waals surface area contributed by atoms with Crippen molar-refractivity contribution in [1.82, 2.24) is 4.98 Å². The number of fused-ring (bicyclic) bond motifs is 1. The SMILES string of the molecule is CC1=NCC(Cc2c[nH]c3ccccc23)O1. The number of rotatable bonds is 2. The van der Waals surface area contributed by atoms with Crippen molar-refractivity contribution in [2.75, 3.05) is 6.54 Å². The Labute approximate surface area is 94.1 Å². The zero-order chi connectivity index (χ0) is 11.0. The summed E-state index contributed by atoms with van der Waals surface area (Å²) in [6.07, 6.45) is 3.20. The molecule has 16 heavy (non-hydrogen) atoms. The molecule has 0 saturated carbocycles. The zero-order valence-electron chi connectivity index (χ0n) is 9.23. The molecular formula is C13H14N2O. The Hall–Kier alpha value is -1.77. The summed E-state index contributed by atoms with van der Waals surface area (Å²) in [5.41, 5.74) is 2.50. The number of hydrogen-bond acceptors (Lipinski definition) is 2. The maximum absolute atomic E-state index is 5.62. The Balaban J connectivity index is 1.85. The van der Waals surface area contributed by atoms with E-state index in [4.69, 9.17) is 4.74 Å². The highest BCUT2D eigenvalue weighted by molar-refractivity contribution is 5.83. The molecule has 0 radical (unpaired) electrons. The Morgan fingerprint density at radius 1 is 1.44 bits per heavy atom. The predicted molar refractivity (Wildman–Crippen MR) is 64.9 cm³/mol. The lowest BCUT2D eigenvalue weighted by atomic mass is 10.1. The first-order chi connectivity index (χ1) is 7.83. The molecule has 2 heterocycles. The second-order valence-corrected chi connectivity index (χ2v) is 4.16. The molecule has 1 aromatic carbocycles. The van der Waals surface area contributed by atoms with E-state index in [0.717, 1.165) is 18.9 Å². The van der Waals surface area contributed by atoms with Gasteiger partial charge in [-0.05, 0) is 11.6 Å². The summed E-state index contributed by atoms with van der Waals surface area (Å²) in [4.78, 5) is 7.54. The highest BCUT2D eigenvalue weighted by atomic mass is 16.5. The van der Waals surface area contributed by atoms with Crippen LogP contribution in [0.5, 0.6) is 0 Å². The number of nitrogens with zero attached hydrogens (tertiary/aromatic N) is 1. The number of hydrogen-bond donors (Lipinski definition) is 1. The monoisotopic (exact) mass is 214 g/mol. The van der Waals surface area contributed by atoms with Crippen LogP contribution in [-0.2, 0) is 11.2 Å². The Morgan fingerprint density at radius 2 is 2.31 bits per heavy atom. The van der Waals surface area contributed by atoms with Gasteiger partial charge in [0, 0.05) is 30.4 Å². The number of aromatic amines is 1. The van der Waals surface area contributed by atoms with Crippen LogP contribution in [0.2, 0.25) is 0 Å². The van der Waals surface area contributed by atoms with Crippen molar-refractivity contribution in [3.05, 3.63) is 36.0 Å². The third-order valence-corrected chi connectivity index (χ3v) is 2.98. The number of para-hydroxylation sites is 1. The van der Waals surface area contributed by atoms with Crippen LogP contribution < -0.4 is 0 Å². The van der Waals surface area contributed by atoms with Gasteiger partial charge in [-0.25, -0.2) is 0 Å². The van der Waals surface area contributed by atoms with Crippen molar-refractivity contribution in [3.63, 3.8) is 0 Å². The summed E-state index contributed by atoms with van der Waals surface area (Å²) in [5.74, 6) is 0.810. The lowest BCUT2D eigenvalue weighted by Gasteiger charge is -2.08. The van der Waals surface area contributed by atoms with Gasteiger partial charge in [-0.2, -0.15) is 0 Å². The van der Waals surface area contributed by atoms with E-state index in [9.17, 15) is 0 Å². The summed E-state index contributed by atoms with van der Waals surface area (Å²) < 4.78 is 5.62. The van der Waals surface area contributed by atoms with E-state index in [1.807, 2.05) is 13.0 Å². The van der Waals surface area contributed by atoms with Gasteiger partial charge >= 0.3 is 0 Å². The Bertz CT molecular complexity index is 542. The maximum Gasteiger partial charge on any atom is 0.180 e. The van der Waals surface area contributed by atoms with Crippen LogP contribution in [0.15, 0.2) is 35.5 Å². The van der Waals surface area contributed by atoms with Crippen LogP contribution in [0.4, 0.5) is 0 Å². The summed E-state index contributed by atoms with van der Waals surface area (Å²) >= 11 is 0. The molecule has 3 heteroatoms. The molecule has 1 unspecified atom stereocenters. The highest BCUT2D eigenvalue weighted by Gasteiger charge is 2.18. The first-order valence-corrected chi connectivity index (χ1v) is 5.55. The molecule has 1 N–H and O–H groups in total. The molecule has 3 rings (SSSR count). The molecular weight excluding hydrogens is 200 g/mol. The fourth-order valence-electron chi connectivity index (χ4n) is 2.20. The van der Waals surface area contributed by atoms with E-state index in [-0.39, 0.29) is 6.10 Å². The molecule has 3 nitrogen and oxygen atoms in total. The molecule has 0 saturated heterocycles. The number of benzene rings is 1. The number of H-pyrrole nitrogens is 1. The number of aliphatic imine (C=N–C) groups is 1. The van der Waals surface area contributed by atoms with E-state index in [1.54, 1.807) is 0 Å². The van der Waals surface area contributed by atoms with Gasteiger partial charge in [0.1, 0.15) is 6.10 Å². The van der Waals surface area contributed by atoms with E-state index >= 15 is 0 Å². The van der Waals surface area contributed by atoms with E-state index in [2.05, 4.69) is 34.4 Å². The average molecular weight is 214 g/mol. The largest absolute Gasteiger partial charge is 0.476 e. The second-order valence-electron chi connectivity index (χ2n) is 4.16. The highest BCUT2D eigenvalue weighted by Crippen LogP contribution is 2.21. The molecule has 0 fully saturated rings. The van der Waals surface area contributed by atoms with Crippen LogP contribution in [0.25, 0.3) is 10.9 Å². The minimum Gasteiger partial charge on any atom is -0.476 e. The van der Waals surface area contributed by atoms with Crippen LogP contribution >= 0.6 is 0 Å². The van der Waals surface area contributed by atoms with E-state index in [1.165, 1.54) is 16.5 Å². The van der Waals surface area contributed by atoms with Crippen molar-refractivity contribution in [3.8, 4) is 0 Å². The molecule has 1 atom stereocenters. The first kappa shape index (κ1) is 9.46. The van der Waals surface area contributed by atoms with Gasteiger partial charge in [-0.1, -0.05) is 18.2 Å². The number of nitrogens with one attached hydrogen (secondary N) is 1. The summed E-state index contributed by atoms with van der Waals surface area (Å²) in [6.45, 7) is 2.70. The van der Waals surface area contributed by atoms with Crippen molar-refractivity contribution in [2.24, 2.45) is 4.99 Å². The van der Waals surface area contributed by atoms with Gasteiger partial charge < -0.3 is 9.72 Å². The third-order valence-electron chi connectivity index (χ3n) is 2.98. The molecule has 0 amide bonds. The minimum atomic E-state index is 0.208. The summed E-state index contributed by atoms with van der Waals surface area (Å²) in [6, 6.07) is 8.35. The molecule has 1 aromatic heterocycles. The predicted octanol–water partition coefficient (Wildman–Crippen LogP) is 2.53. The molecule has 0 aliphatic carbocycles. The molecule has 2 aromatic rings. The molecule has 0 spiro atoms. The van der Waals surface area contributed by atoms with Gasteiger partial charge in [0.25, 0.3) is 0 Å². The standard InChI is InChI=1S/C13H14N2O/c1-9-14-8-11(16-9)6-10-7-15-13-5-3-2-4-12(10)13/h2-5,7,11,15H,6,8H2,1H3. The third kappa shape index (κ3) is 1.58. The zero-order valence-corrected chi connectivity index (χ0v) is 9.23. The Kier molecular flexibility index (Phi) is 2.17. The smallest absolute Gasteiger partial charge is 0.180 e. The van der Waals surface area contributed by atoms with Crippen molar-refractivity contribution >= 4 is 16.8 Å². The molecule has 82 valence electrons. The normalized spacial score (nSPS) is 19.8. The molecule has 1 aliphatic heterocycles. The van der Waals surface area contributed by atoms with Gasteiger partial charge in [0.2, 0.25) is 0 Å². The summed E-state index contributed by atoms with van der Waals surface area (Å²) in [7, 11) is 0. The van der Waals surface area contributed by atoms with E-state index in [0.29, 0.717) is 0 Å². The lowest BCUT2D eigenvalue weighted by Crippen LogP contribution is -2.14. The minimum absolute atomic E-state index is 0.208. The summed E-state index contributed by atoms with van der Waals surface area (Å²) in [5, 5.41) is 1.29. The van der Waals surface area contributed by atoms with Gasteiger partial charge in [0.05, 0.1) is 6.54 Å². The van der Waals surface area contributed by atoms with Crippen LogP contribution in [-0.4, -0.2) is 23.5 Å². The first-order valence-electron chi connectivity index (χ1n) is 5.55. The van der Waals surface area contributed by atoms with Gasteiger partial charge in [-0.15, -0.1) is 0 Å². The topological polar surface area (TPSA) is 37.4 Å². The fraction of sp³-hybridized carbons (Fsp3) is 0.308. The number of ether oxygens (including phenoxy) is 1. The number of aromatic nitrogens is 1. The van der Waals surface area contributed by atoms with Gasteiger partial charge in [0.15, 0.2) is 5.90 Å². The maximum atomic E-state index is 5.62. The van der Waals surface area contributed by atoms with Crippen LogP contribution in [0.1, 0.15) is 12.5 Å². The van der Waals surface area contributed by atoms with Crippen molar-refractivity contribution in [2.45, 2.75) is 19.4 Å². The van der Waals surface area contributed by atoms with Gasteiger partial charge in [-0.3, -0.25) is 4.99 Å². The van der Waals surface area contributed by atoms with Crippen molar-refractivity contribution in [1.29, 1.82) is 0 Å². The average Bonchev–Trinajstić information content (AvgIpc) is 2.87. The second kappa shape index (κ2) is 3.67.